The number of alkyl halides is 2. The molecule has 3 aromatic heterocycles. The number of carbonyl (C=O) groups is 1. The predicted molar refractivity (Wildman–Crippen MR) is 132 cm³/mol. The number of allylic oxidation sites excluding steroid dienone is 1. The van der Waals surface area contributed by atoms with Crippen LogP contribution in [0.25, 0.3) is 33.6 Å². The fourth-order valence-electron chi connectivity index (χ4n) is 4.47. The number of hydrogen-bond acceptors (Lipinski definition) is 6. The van der Waals surface area contributed by atoms with E-state index in [-0.39, 0.29) is 17.6 Å². The molecule has 1 aliphatic rings. The second-order valence-corrected chi connectivity index (χ2v) is 9.09. The number of halogens is 2. The van der Waals surface area contributed by atoms with Crippen molar-refractivity contribution in [1.29, 1.82) is 0 Å². The maximum Gasteiger partial charge on any atom is 0.338 e. The Labute approximate surface area is 206 Å². The standard InChI is InChI=1S/C26H27F2N5O3/c1-5-26(27,28)13-32-20(11-15-6-9-18(14(2)29)30-23(15)32)24-31-19-10-16(25(34)36-4)12-21(35-3)22(19)33(24)17-7-8-17/h5-6,9-12,14,17H,1,7-8,13,29H2,2-4H3. The van der Waals surface area contributed by atoms with Crippen LogP contribution in [0.4, 0.5) is 8.78 Å². The average Bonchev–Trinajstić information content (AvgIpc) is 3.55. The summed E-state index contributed by atoms with van der Waals surface area (Å²) in [6, 6.07) is 8.43. The molecule has 0 bridgehead atoms. The molecule has 1 aromatic carbocycles. The van der Waals surface area contributed by atoms with Gasteiger partial charge >= 0.3 is 5.97 Å². The number of pyridine rings is 1. The number of esters is 1. The molecular formula is C26H27F2N5O3. The van der Waals surface area contributed by atoms with E-state index in [0.717, 1.165) is 12.8 Å². The van der Waals surface area contributed by atoms with Crippen molar-refractivity contribution in [3.8, 4) is 17.3 Å². The molecular weight excluding hydrogens is 468 g/mol. The number of benzene rings is 1. The Bertz CT molecular complexity index is 1500. The first kappa shape index (κ1) is 23.9. The van der Waals surface area contributed by atoms with Crippen LogP contribution >= 0.6 is 0 Å². The fourth-order valence-corrected chi connectivity index (χ4v) is 4.47. The number of carbonyl (C=O) groups excluding carboxylic acids is 1. The Morgan fingerprint density at radius 3 is 2.64 bits per heavy atom. The van der Waals surface area contributed by atoms with E-state index in [0.29, 0.717) is 51.1 Å². The van der Waals surface area contributed by atoms with Crippen molar-refractivity contribution in [2.45, 2.75) is 44.3 Å². The highest BCUT2D eigenvalue weighted by molar-refractivity contribution is 5.97. The van der Waals surface area contributed by atoms with Crippen molar-refractivity contribution in [2.24, 2.45) is 5.73 Å². The molecule has 1 aliphatic carbocycles. The van der Waals surface area contributed by atoms with Gasteiger partial charge < -0.3 is 24.3 Å². The normalized spacial score (nSPS) is 14.8. The van der Waals surface area contributed by atoms with Gasteiger partial charge in [-0.25, -0.2) is 23.5 Å². The quantitative estimate of drug-likeness (QED) is 0.272. The van der Waals surface area contributed by atoms with Crippen LogP contribution in [0.5, 0.6) is 5.75 Å². The summed E-state index contributed by atoms with van der Waals surface area (Å²) >= 11 is 0. The van der Waals surface area contributed by atoms with Gasteiger partial charge in [-0.1, -0.05) is 6.58 Å². The van der Waals surface area contributed by atoms with Gasteiger partial charge in [0.1, 0.15) is 16.9 Å². The van der Waals surface area contributed by atoms with Crippen LogP contribution in [0, 0.1) is 0 Å². The lowest BCUT2D eigenvalue weighted by Crippen LogP contribution is -2.22. The van der Waals surface area contributed by atoms with Gasteiger partial charge in [0.15, 0.2) is 5.82 Å². The smallest absolute Gasteiger partial charge is 0.338 e. The first-order chi connectivity index (χ1) is 17.2. The Morgan fingerprint density at radius 1 is 1.28 bits per heavy atom. The third-order valence-corrected chi connectivity index (χ3v) is 6.43. The summed E-state index contributed by atoms with van der Waals surface area (Å²) in [5.41, 5.74) is 8.97. The van der Waals surface area contributed by atoms with Gasteiger partial charge in [-0.05, 0) is 56.2 Å². The van der Waals surface area contributed by atoms with Crippen LogP contribution in [0.1, 0.15) is 47.9 Å². The van der Waals surface area contributed by atoms with Gasteiger partial charge in [0, 0.05) is 17.5 Å². The van der Waals surface area contributed by atoms with Crippen molar-refractivity contribution < 1.29 is 23.0 Å². The number of nitrogens with zero attached hydrogens (tertiary/aromatic N) is 4. The maximum atomic E-state index is 14.7. The number of nitrogens with two attached hydrogens (primary N) is 1. The highest BCUT2D eigenvalue weighted by Gasteiger charge is 2.34. The summed E-state index contributed by atoms with van der Waals surface area (Å²) in [7, 11) is 2.82. The molecule has 0 saturated heterocycles. The minimum atomic E-state index is -3.18. The summed E-state index contributed by atoms with van der Waals surface area (Å²) in [5, 5.41) is 0.686. The highest BCUT2D eigenvalue weighted by atomic mass is 19.3. The van der Waals surface area contributed by atoms with E-state index in [4.69, 9.17) is 20.2 Å². The zero-order valence-electron chi connectivity index (χ0n) is 20.3. The van der Waals surface area contributed by atoms with Crippen molar-refractivity contribution in [1.82, 2.24) is 19.1 Å². The lowest BCUT2D eigenvalue weighted by atomic mass is 10.2. The Morgan fingerprint density at radius 2 is 2.03 bits per heavy atom. The number of ether oxygens (including phenoxy) is 2. The minimum Gasteiger partial charge on any atom is -0.494 e. The summed E-state index contributed by atoms with van der Waals surface area (Å²) < 4.78 is 43.4. The van der Waals surface area contributed by atoms with E-state index < -0.39 is 18.4 Å². The molecule has 8 nitrogen and oxygen atoms in total. The first-order valence-electron chi connectivity index (χ1n) is 11.6. The van der Waals surface area contributed by atoms with Crippen molar-refractivity contribution in [3.63, 3.8) is 0 Å². The molecule has 1 atom stereocenters. The fraction of sp³-hybridized carbons (Fsp3) is 0.346. The third kappa shape index (κ3) is 4.01. The van der Waals surface area contributed by atoms with E-state index in [1.165, 1.54) is 18.8 Å². The van der Waals surface area contributed by atoms with E-state index in [2.05, 4.69) is 11.6 Å². The van der Waals surface area contributed by atoms with Crippen LogP contribution in [0.15, 0.2) is 43.0 Å². The molecule has 3 heterocycles. The lowest BCUT2D eigenvalue weighted by molar-refractivity contribution is 0.0379. The molecule has 0 spiro atoms. The molecule has 0 radical (unpaired) electrons. The van der Waals surface area contributed by atoms with Gasteiger partial charge in [-0.2, -0.15) is 0 Å². The van der Waals surface area contributed by atoms with Crippen LogP contribution in [-0.4, -0.2) is 45.2 Å². The van der Waals surface area contributed by atoms with Gasteiger partial charge in [0.2, 0.25) is 0 Å². The third-order valence-electron chi connectivity index (χ3n) is 6.43. The predicted octanol–water partition coefficient (Wildman–Crippen LogP) is 5.02. The van der Waals surface area contributed by atoms with Crippen molar-refractivity contribution >= 4 is 28.0 Å². The van der Waals surface area contributed by atoms with Crippen molar-refractivity contribution in [3.05, 3.63) is 54.2 Å². The summed E-state index contributed by atoms with van der Waals surface area (Å²) in [5.74, 6) is -2.76. The Balaban J connectivity index is 1.82. The van der Waals surface area contributed by atoms with Crippen molar-refractivity contribution in [2.75, 3.05) is 14.2 Å². The van der Waals surface area contributed by atoms with Gasteiger partial charge in [0.25, 0.3) is 5.92 Å². The second-order valence-electron chi connectivity index (χ2n) is 9.09. The van der Waals surface area contributed by atoms with Gasteiger partial charge in [0.05, 0.1) is 43.2 Å². The second kappa shape index (κ2) is 8.70. The molecule has 4 aromatic rings. The number of fused-ring (bicyclic) bond motifs is 2. The zero-order valence-corrected chi connectivity index (χ0v) is 20.3. The average molecular weight is 496 g/mol. The molecule has 1 saturated carbocycles. The van der Waals surface area contributed by atoms with E-state index in [9.17, 15) is 13.6 Å². The molecule has 1 fully saturated rings. The number of aromatic nitrogens is 4. The van der Waals surface area contributed by atoms with E-state index in [1.807, 2.05) is 10.6 Å². The summed E-state index contributed by atoms with van der Waals surface area (Å²) in [6.45, 7) is 4.43. The SMILES string of the molecule is C=CC(F)(F)Cn1c(-c2nc3cc(C(=O)OC)cc(OC)c3n2C2CC2)cc2ccc(C(C)N)nc21. The van der Waals surface area contributed by atoms with E-state index in [1.54, 1.807) is 31.2 Å². The summed E-state index contributed by atoms with van der Waals surface area (Å²) in [6.07, 6.45) is 2.46. The molecule has 36 heavy (non-hydrogen) atoms. The number of methoxy groups -OCH3 is 2. The Hall–Kier alpha value is -3.79. The summed E-state index contributed by atoms with van der Waals surface area (Å²) in [4.78, 5) is 21.7. The molecule has 188 valence electrons. The first-order valence-corrected chi connectivity index (χ1v) is 11.6. The molecule has 0 amide bonds. The molecule has 1 unspecified atom stereocenters. The number of rotatable bonds is 8. The Kier molecular flexibility index (Phi) is 5.78. The maximum absolute atomic E-state index is 14.7. The number of imidazole rings is 1. The molecule has 0 aliphatic heterocycles. The monoisotopic (exact) mass is 495 g/mol. The largest absolute Gasteiger partial charge is 0.494 e. The van der Waals surface area contributed by atoms with Crippen LogP contribution in [-0.2, 0) is 11.3 Å². The van der Waals surface area contributed by atoms with Crippen LogP contribution in [0.2, 0.25) is 0 Å². The van der Waals surface area contributed by atoms with Crippen LogP contribution < -0.4 is 10.5 Å². The minimum absolute atomic E-state index is 0.127. The molecule has 2 N–H and O–H groups in total. The molecule has 5 rings (SSSR count). The lowest BCUT2D eigenvalue weighted by Gasteiger charge is -2.17. The zero-order chi connectivity index (χ0) is 25.8. The highest BCUT2D eigenvalue weighted by Crippen LogP contribution is 2.45. The van der Waals surface area contributed by atoms with E-state index >= 15 is 0 Å². The molecule has 10 heteroatoms. The van der Waals surface area contributed by atoms with Gasteiger partial charge in [-0.3, -0.25) is 0 Å². The number of hydrogen-bond donors (Lipinski definition) is 1. The van der Waals surface area contributed by atoms with Gasteiger partial charge in [-0.15, -0.1) is 0 Å². The topological polar surface area (TPSA) is 97.2 Å². The van der Waals surface area contributed by atoms with Crippen LogP contribution in [0.3, 0.4) is 0 Å².